The van der Waals surface area contributed by atoms with E-state index in [0.29, 0.717) is 6.04 Å². The quantitative estimate of drug-likeness (QED) is 0.851. The van der Waals surface area contributed by atoms with Gasteiger partial charge >= 0.3 is 0 Å². The molecule has 1 saturated heterocycles. The minimum absolute atomic E-state index is 0.600. The normalized spacial score (nSPS) is 22.2. The van der Waals surface area contributed by atoms with Crippen LogP contribution < -0.4 is 5.32 Å². The number of aryl methyl sites for hydroxylation is 2. The van der Waals surface area contributed by atoms with Crippen LogP contribution >= 0.6 is 0 Å². The van der Waals surface area contributed by atoms with Gasteiger partial charge in [-0.2, -0.15) is 0 Å². The van der Waals surface area contributed by atoms with Crippen molar-refractivity contribution in [3.63, 3.8) is 0 Å². The first-order valence-electron chi connectivity index (χ1n) is 6.54. The minimum Gasteiger partial charge on any atom is -0.381 e. The molecule has 1 aliphatic rings. The van der Waals surface area contributed by atoms with E-state index < -0.39 is 0 Å². The Morgan fingerprint density at radius 1 is 1.24 bits per heavy atom. The third-order valence-electron chi connectivity index (χ3n) is 3.54. The first kappa shape index (κ1) is 12.4. The van der Waals surface area contributed by atoms with Crippen LogP contribution in [0, 0.1) is 13.8 Å². The minimum atomic E-state index is 0.600. The largest absolute Gasteiger partial charge is 0.381 e. The molecule has 94 valence electrons. The first-order chi connectivity index (χ1) is 8.15. The fraction of sp³-hybridized carbons (Fsp3) is 0.643. The van der Waals surface area contributed by atoms with Crippen LogP contribution in [0.25, 0.3) is 0 Å². The lowest BCUT2D eigenvalue weighted by atomic mass is 10.1. The summed E-state index contributed by atoms with van der Waals surface area (Å²) in [6.45, 7) is 6.54. The molecule has 1 fully saturated rings. The molecule has 2 rings (SSSR count). The van der Waals surface area contributed by atoms with Gasteiger partial charge < -0.3 is 10.2 Å². The van der Waals surface area contributed by atoms with Crippen molar-refractivity contribution in [1.29, 1.82) is 0 Å². The van der Waals surface area contributed by atoms with Crippen molar-refractivity contribution >= 4 is 5.69 Å². The van der Waals surface area contributed by atoms with Crippen LogP contribution in [0.5, 0.6) is 0 Å². The molecule has 1 aliphatic heterocycles. The predicted molar refractivity (Wildman–Crippen MR) is 72.5 cm³/mol. The maximum absolute atomic E-state index is 4.50. The number of likely N-dealkylation sites (tertiary alicyclic amines) is 1. The summed E-state index contributed by atoms with van der Waals surface area (Å²) in [6, 6.07) is 4.84. The monoisotopic (exact) mass is 233 g/mol. The Bertz CT molecular complexity index is 376. The molecular formula is C14H23N3. The second-order valence-electron chi connectivity index (χ2n) is 5.16. The molecule has 1 atom stereocenters. The number of nitrogens with one attached hydrogen (secondary N) is 1. The number of hydrogen-bond donors (Lipinski definition) is 1. The topological polar surface area (TPSA) is 28.2 Å². The molecule has 1 aromatic heterocycles. The summed E-state index contributed by atoms with van der Waals surface area (Å²) < 4.78 is 0. The average molecular weight is 233 g/mol. The molecule has 0 aromatic carbocycles. The Hall–Kier alpha value is -1.09. The smallest absolute Gasteiger partial charge is 0.0606 e. The molecule has 0 spiro atoms. The highest BCUT2D eigenvalue weighted by atomic mass is 15.1. The van der Waals surface area contributed by atoms with Gasteiger partial charge in [-0.3, -0.25) is 4.98 Å². The van der Waals surface area contributed by atoms with Gasteiger partial charge in [0.05, 0.1) is 11.4 Å². The second kappa shape index (κ2) is 5.50. The van der Waals surface area contributed by atoms with Gasteiger partial charge in [-0.25, -0.2) is 0 Å². The van der Waals surface area contributed by atoms with E-state index in [0.717, 1.165) is 11.4 Å². The Balaban J connectivity index is 2.00. The standard InChI is InChI=1S/C14H23N3/c1-11-6-7-14(12(2)15-11)16-13-5-4-9-17(3)10-8-13/h6-7,13,16H,4-5,8-10H2,1-3H3. The van der Waals surface area contributed by atoms with Crippen LogP contribution in [0.4, 0.5) is 5.69 Å². The molecule has 0 bridgehead atoms. The summed E-state index contributed by atoms with van der Waals surface area (Å²) in [5.74, 6) is 0. The summed E-state index contributed by atoms with van der Waals surface area (Å²) in [5.41, 5.74) is 3.40. The van der Waals surface area contributed by atoms with Crippen molar-refractivity contribution in [3.8, 4) is 0 Å². The molecule has 0 radical (unpaired) electrons. The lowest BCUT2D eigenvalue weighted by Crippen LogP contribution is -2.23. The summed E-state index contributed by atoms with van der Waals surface area (Å²) in [4.78, 5) is 6.92. The molecule has 3 nitrogen and oxygen atoms in total. The number of anilines is 1. The molecule has 1 N–H and O–H groups in total. The van der Waals surface area contributed by atoms with Gasteiger partial charge in [0.25, 0.3) is 0 Å². The van der Waals surface area contributed by atoms with Crippen LogP contribution in [-0.4, -0.2) is 36.1 Å². The number of rotatable bonds is 2. The molecule has 2 heterocycles. The number of hydrogen-bond acceptors (Lipinski definition) is 3. The number of pyridine rings is 1. The molecule has 17 heavy (non-hydrogen) atoms. The second-order valence-corrected chi connectivity index (χ2v) is 5.16. The summed E-state index contributed by atoms with van der Waals surface area (Å²) in [6.07, 6.45) is 3.77. The molecule has 3 heteroatoms. The van der Waals surface area contributed by atoms with E-state index in [2.05, 4.69) is 41.3 Å². The van der Waals surface area contributed by atoms with Crippen molar-refractivity contribution < 1.29 is 0 Å². The highest BCUT2D eigenvalue weighted by Gasteiger charge is 2.15. The third-order valence-corrected chi connectivity index (χ3v) is 3.54. The summed E-state index contributed by atoms with van der Waals surface area (Å²) >= 11 is 0. The predicted octanol–water partition coefficient (Wildman–Crippen LogP) is 2.59. The third kappa shape index (κ3) is 3.43. The highest BCUT2D eigenvalue weighted by molar-refractivity contribution is 5.48. The number of aromatic nitrogens is 1. The van der Waals surface area contributed by atoms with Gasteiger partial charge in [0, 0.05) is 11.7 Å². The van der Waals surface area contributed by atoms with E-state index in [1.807, 2.05) is 6.92 Å². The fourth-order valence-electron chi connectivity index (χ4n) is 2.44. The highest BCUT2D eigenvalue weighted by Crippen LogP contribution is 2.18. The lowest BCUT2D eigenvalue weighted by molar-refractivity contribution is 0.348. The first-order valence-corrected chi connectivity index (χ1v) is 6.54. The Morgan fingerprint density at radius 3 is 2.82 bits per heavy atom. The van der Waals surface area contributed by atoms with E-state index in [9.17, 15) is 0 Å². The maximum Gasteiger partial charge on any atom is 0.0606 e. The van der Waals surface area contributed by atoms with Gasteiger partial charge in [-0.05, 0) is 65.4 Å². The molecule has 0 amide bonds. The Labute approximate surface area is 104 Å². The van der Waals surface area contributed by atoms with Crippen molar-refractivity contribution in [3.05, 3.63) is 23.5 Å². The molecule has 0 aliphatic carbocycles. The van der Waals surface area contributed by atoms with E-state index in [1.54, 1.807) is 0 Å². The van der Waals surface area contributed by atoms with Crippen molar-refractivity contribution in [1.82, 2.24) is 9.88 Å². The van der Waals surface area contributed by atoms with Crippen molar-refractivity contribution in [2.24, 2.45) is 0 Å². The van der Waals surface area contributed by atoms with Gasteiger partial charge in [-0.15, -0.1) is 0 Å². The van der Waals surface area contributed by atoms with Gasteiger partial charge in [-0.1, -0.05) is 0 Å². The van der Waals surface area contributed by atoms with Crippen molar-refractivity contribution in [2.75, 3.05) is 25.5 Å². The van der Waals surface area contributed by atoms with Crippen molar-refractivity contribution in [2.45, 2.75) is 39.2 Å². The lowest BCUT2D eigenvalue weighted by Gasteiger charge is -2.19. The van der Waals surface area contributed by atoms with E-state index in [4.69, 9.17) is 0 Å². The Morgan fingerprint density at radius 2 is 2.06 bits per heavy atom. The van der Waals surface area contributed by atoms with Crippen LogP contribution in [0.2, 0.25) is 0 Å². The zero-order chi connectivity index (χ0) is 12.3. The maximum atomic E-state index is 4.50. The SMILES string of the molecule is Cc1ccc(NC2CCCN(C)CC2)c(C)n1. The molecule has 1 unspecified atom stereocenters. The summed E-state index contributed by atoms with van der Waals surface area (Å²) in [7, 11) is 2.21. The molecular weight excluding hydrogens is 210 g/mol. The zero-order valence-corrected chi connectivity index (χ0v) is 11.2. The fourth-order valence-corrected chi connectivity index (χ4v) is 2.44. The van der Waals surface area contributed by atoms with Crippen LogP contribution in [0.15, 0.2) is 12.1 Å². The van der Waals surface area contributed by atoms with E-state index in [1.165, 1.54) is 38.0 Å². The van der Waals surface area contributed by atoms with Crippen LogP contribution in [0.1, 0.15) is 30.7 Å². The summed E-state index contributed by atoms with van der Waals surface area (Å²) in [5, 5.41) is 3.65. The van der Waals surface area contributed by atoms with Gasteiger partial charge in [0.1, 0.15) is 0 Å². The number of nitrogens with zero attached hydrogens (tertiary/aromatic N) is 2. The average Bonchev–Trinajstić information content (AvgIpc) is 2.48. The molecule has 1 aromatic rings. The zero-order valence-electron chi connectivity index (χ0n) is 11.2. The van der Waals surface area contributed by atoms with E-state index in [-0.39, 0.29) is 0 Å². The Kier molecular flexibility index (Phi) is 4.00. The van der Waals surface area contributed by atoms with Crippen LogP contribution in [0.3, 0.4) is 0 Å². The van der Waals surface area contributed by atoms with E-state index >= 15 is 0 Å². The van der Waals surface area contributed by atoms with Gasteiger partial charge in [0.2, 0.25) is 0 Å². The van der Waals surface area contributed by atoms with Gasteiger partial charge in [0.15, 0.2) is 0 Å². The molecule has 0 saturated carbocycles. The van der Waals surface area contributed by atoms with Crippen LogP contribution in [-0.2, 0) is 0 Å².